The van der Waals surface area contributed by atoms with Crippen LogP contribution in [-0.4, -0.2) is 23.4 Å². The summed E-state index contributed by atoms with van der Waals surface area (Å²) in [6.07, 6.45) is 0.932. The number of rotatable bonds is 7. The molecule has 0 radical (unpaired) electrons. The lowest BCUT2D eigenvalue weighted by Gasteiger charge is -2.14. The van der Waals surface area contributed by atoms with Crippen molar-refractivity contribution in [3.05, 3.63) is 63.4 Å². The third-order valence-corrected chi connectivity index (χ3v) is 3.57. The van der Waals surface area contributed by atoms with E-state index in [9.17, 15) is 19.7 Å². The molecule has 0 aliphatic rings. The van der Waals surface area contributed by atoms with Crippen LogP contribution in [0.3, 0.4) is 0 Å². The van der Waals surface area contributed by atoms with Crippen LogP contribution in [0.4, 0.5) is 5.88 Å². The molecule has 132 valence electrons. The molecule has 1 heterocycles. The maximum atomic E-state index is 11.9. The molecular weight excluding hydrogens is 328 g/mol. The fourth-order valence-corrected chi connectivity index (χ4v) is 2.15. The zero-order chi connectivity index (χ0) is 18.4. The lowest BCUT2D eigenvalue weighted by Crippen LogP contribution is -2.31. The van der Waals surface area contributed by atoms with Crippen LogP contribution in [0.1, 0.15) is 41.6 Å². The van der Waals surface area contributed by atoms with E-state index in [4.69, 9.17) is 9.15 Å². The first kappa shape index (κ1) is 18.2. The molecule has 1 aromatic carbocycles. The Morgan fingerprint density at radius 3 is 2.48 bits per heavy atom. The molecule has 2 aromatic rings. The van der Waals surface area contributed by atoms with Crippen molar-refractivity contribution in [3.63, 3.8) is 0 Å². The summed E-state index contributed by atoms with van der Waals surface area (Å²) in [7, 11) is 0. The molecular formula is C17H18N2O6. The zero-order valence-electron chi connectivity index (χ0n) is 13.9. The van der Waals surface area contributed by atoms with Gasteiger partial charge in [0.2, 0.25) is 5.76 Å². The van der Waals surface area contributed by atoms with E-state index in [-0.39, 0.29) is 11.8 Å². The maximum absolute atomic E-state index is 11.9. The molecule has 0 bridgehead atoms. The molecule has 1 N–H and O–H groups in total. The number of nitro groups is 1. The average Bonchev–Trinajstić information content (AvgIpc) is 3.10. The van der Waals surface area contributed by atoms with Gasteiger partial charge in [-0.1, -0.05) is 31.2 Å². The molecule has 1 amide bonds. The minimum atomic E-state index is -0.941. The van der Waals surface area contributed by atoms with Gasteiger partial charge in [-0.15, -0.1) is 0 Å². The van der Waals surface area contributed by atoms with Gasteiger partial charge in [-0.25, -0.2) is 4.79 Å². The molecule has 0 saturated heterocycles. The van der Waals surface area contributed by atoms with Crippen molar-refractivity contribution in [1.82, 2.24) is 5.32 Å². The van der Waals surface area contributed by atoms with Gasteiger partial charge in [0.15, 0.2) is 6.61 Å². The van der Waals surface area contributed by atoms with Crippen LogP contribution in [0, 0.1) is 10.1 Å². The molecule has 1 atom stereocenters. The van der Waals surface area contributed by atoms with Crippen molar-refractivity contribution >= 4 is 17.8 Å². The fraction of sp³-hybridized carbons (Fsp3) is 0.294. The summed E-state index contributed by atoms with van der Waals surface area (Å²) < 4.78 is 9.49. The van der Waals surface area contributed by atoms with E-state index < -0.39 is 29.3 Å². The predicted molar refractivity (Wildman–Crippen MR) is 88.0 cm³/mol. The Bertz CT molecular complexity index is 766. The van der Waals surface area contributed by atoms with E-state index >= 15 is 0 Å². The van der Waals surface area contributed by atoms with Crippen molar-refractivity contribution in [2.75, 3.05) is 6.61 Å². The van der Waals surface area contributed by atoms with Crippen LogP contribution in [0.15, 0.2) is 40.8 Å². The fourth-order valence-electron chi connectivity index (χ4n) is 2.15. The smallest absolute Gasteiger partial charge is 0.433 e. The molecule has 0 aliphatic heterocycles. The Kier molecular flexibility index (Phi) is 5.89. The molecule has 0 spiro atoms. The summed E-state index contributed by atoms with van der Waals surface area (Å²) in [4.78, 5) is 33.3. The number of hydrogen-bond donors (Lipinski definition) is 1. The third-order valence-electron chi connectivity index (χ3n) is 3.57. The van der Waals surface area contributed by atoms with Gasteiger partial charge in [0.25, 0.3) is 5.91 Å². The number of ether oxygens (including phenoxy) is 1. The lowest BCUT2D eigenvalue weighted by atomic mass is 10.1. The monoisotopic (exact) mass is 346 g/mol. The number of nitrogens with zero attached hydrogens (tertiary/aromatic N) is 1. The molecule has 0 saturated carbocycles. The van der Waals surface area contributed by atoms with Crippen molar-refractivity contribution < 1.29 is 23.7 Å². The second kappa shape index (κ2) is 8.09. The van der Waals surface area contributed by atoms with E-state index in [1.807, 2.05) is 31.2 Å². The van der Waals surface area contributed by atoms with Crippen LogP contribution >= 0.6 is 0 Å². The summed E-state index contributed by atoms with van der Waals surface area (Å²) >= 11 is 0. The lowest BCUT2D eigenvalue weighted by molar-refractivity contribution is -0.402. The summed E-state index contributed by atoms with van der Waals surface area (Å²) in [5.74, 6) is -2.33. The average molecular weight is 346 g/mol. The van der Waals surface area contributed by atoms with Crippen molar-refractivity contribution in [3.8, 4) is 0 Å². The predicted octanol–water partition coefficient (Wildman–Crippen LogP) is 2.78. The highest BCUT2D eigenvalue weighted by Crippen LogP contribution is 2.16. The minimum Gasteiger partial charge on any atom is -0.450 e. The largest absolute Gasteiger partial charge is 0.450 e. The first-order chi connectivity index (χ1) is 11.9. The van der Waals surface area contributed by atoms with Crippen molar-refractivity contribution in [2.45, 2.75) is 26.3 Å². The van der Waals surface area contributed by atoms with Gasteiger partial charge in [0.1, 0.15) is 4.92 Å². The Hall–Kier alpha value is -3.16. The number of aryl methyl sites for hydroxylation is 1. The van der Waals surface area contributed by atoms with Gasteiger partial charge in [-0.2, -0.15) is 0 Å². The molecule has 8 nitrogen and oxygen atoms in total. The number of nitrogens with one attached hydrogen (secondary N) is 1. The summed E-state index contributed by atoms with van der Waals surface area (Å²) in [5, 5.41) is 13.2. The van der Waals surface area contributed by atoms with E-state index in [0.717, 1.165) is 24.1 Å². The SMILES string of the molecule is CCc1ccc([C@@H](C)NC(=O)COC(=O)c2ccc([N+](=O)[O-])o2)cc1. The van der Waals surface area contributed by atoms with Gasteiger partial charge in [0.05, 0.1) is 12.1 Å². The first-order valence-electron chi connectivity index (χ1n) is 7.70. The van der Waals surface area contributed by atoms with Crippen molar-refractivity contribution in [1.29, 1.82) is 0 Å². The molecule has 0 fully saturated rings. The highest BCUT2D eigenvalue weighted by atomic mass is 16.7. The third kappa shape index (κ3) is 4.90. The van der Waals surface area contributed by atoms with Crippen LogP contribution in [-0.2, 0) is 16.0 Å². The van der Waals surface area contributed by atoms with E-state index in [1.54, 1.807) is 0 Å². The van der Waals surface area contributed by atoms with Gasteiger partial charge in [0, 0.05) is 0 Å². The number of esters is 1. The molecule has 8 heteroatoms. The number of hydrogen-bond acceptors (Lipinski definition) is 6. The quantitative estimate of drug-likeness (QED) is 0.469. The topological polar surface area (TPSA) is 112 Å². The van der Waals surface area contributed by atoms with Crippen LogP contribution in [0.5, 0.6) is 0 Å². The Labute approximate surface area is 143 Å². The number of benzene rings is 1. The van der Waals surface area contributed by atoms with Crippen LogP contribution in [0.2, 0.25) is 0 Å². The van der Waals surface area contributed by atoms with Gasteiger partial charge in [-0.05, 0) is 30.5 Å². The Morgan fingerprint density at radius 2 is 1.92 bits per heavy atom. The van der Waals surface area contributed by atoms with Gasteiger partial charge >= 0.3 is 11.9 Å². The van der Waals surface area contributed by atoms with Gasteiger partial charge < -0.3 is 14.5 Å². The number of furan rings is 1. The Morgan fingerprint density at radius 1 is 1.24 bits per heavy atom. The second-order valence-corrected chi connectivity index (χ2v) is 5.36. The van der Waals surface area contributed by atoms with E-state index in [0.29, 0.717) is 0 Å². The highest BCUT2D eigenvalue weighted by molar-refractivity contribution is 5.89. The summed E-state index contributed by atoms with van der Waals surface area (Å²) in [6.45, 7) is 3.36. The highest BCUT2D eigenvalue weighted by Gasteiger charge is 2.19. The first-order valence-corrected chi connectivity index (χ1v) is 7.70. The second-order valence-electron chi connectivity index (χ2n) is 5.36. The van der Waals surface area contributed by atoms with Gasteiger partial charge in [-0.3, -0.25) is 14.9 Å². The van der Waals surface area contributed by atoms with E-state index in [1.165, 1.54) is 5.56 Å². The van der Waals surface area contributed by atoms with Crippen molar-refractivity contribution in [2.24, 2.45) is 0 Å². The minimum absolute atomic E-state index is 0.248. The Balaban J connectivity index is 1.84. The standard InChI is InChI=1S/C17H18N2O6/c1-3-12-4-6-13(7-5-12)11(2)18-15(20)10-24-17(21)14-8-9-16(25-14)19(22)23/h4-9,11H,3,10H2,1-2H3,(H,18,20)/t11-/m1/s1. The molecule has 2 rings (SSSR count). The maximum Gasteiger partial charge on any atom is 0.433 e. The normalized spacial score (nSPS) is 11.6. The number of carbonyl (C=O) groups excluding carboxylic acids is 2. The van der Waals surface area contributed by atoms with Crippen LogP contribution in [0.25, 0.3) is 0 Å². The molecule has 25 heavy (non-hydrogen) atoms. The zero-order valence-corrected chi connectivity index (χ0v) is 13.9. The van der Waals surface area contributed by atoms with Crippen LogP contribution < -0.4 is 5.32 Å². The summed E-state index contributed by atoms with van der Waals surface area (Å²) in [6, 6.07) is 9.75. The number of amides is 1. The summed E-state index contributed by atoms with van der Waals surface area (Å²) in [5.41, 5.74) is 2.13. The molecule has 0 unspecified atom stereocenters. The molecule has 0 aliphatic carbocycles. The molecule has 1 aromatic heterocycles. The van der Waals surface area contributed by atoms with E-state index in [2.05, 4.69) is 12.2 Å². The number of carbonyl (C=O) groups is 2.